The largest absolute Gasteiger partial charge is 0.465 e. The van der Waals surface area contributed by atoms with Crippen molar-refractivity contribution in [3.05, 3.63) is 29.8 Å². The smallest absolute Gasteiger partial charge is 0.351 e. The molecular formula is C13H15N3O5S. The third-order valence-corrected chi connectivity index (χ3v) is 4.46. The molecule has 1 aromatic rings. The van der Waals surface area contributed by atoms with Crippen LogP contribution in [0, 0.1) is 0 Å². The van der Waals surface area contributed by atoms with Gasteiger partial charge in [-0.2, -0.15) is 5.10 Å². The van der Waals surface area contributed by atoms with Gasteiger partial charge in [-0.05, 0) is 19.1 Å². The third-order valence-electron chi connectivity index (χ3n) is 3.08. The molecular weight excluding hydrogens is 310 g/mol. The summed E-state index contributed by atoms with van der Waals surface area (Å²) < 4.78 is 31.1. The lowest BCUT2D eigenvalue weighted by molar-refractivity contribution is 0.0596. The van der Waals surface area contributed by atoms with Crippen LogP contribution in [0.1, 0.15) is 23.7 Å². The minimum atomic E-state index is -4.22. The van der Waals surface area contributed by atoms with Crippen LogP contribution in [0.3, 0.4) is 0 Å². The number of esters is 1. The zero-order valence-electron chi connectivity index (χ0n) is 12.0. The van der Waals surface area contributed by atoms with E-state index < -0.39 is 22.0 Å². The summed E-state index contributed by atoms with van der Waals surface area (Å²) in [6.45, 7) is 1.74. The predicted molar refractivity (Wildman–Crippen MR) is 77.9 cm³/mol. The topological polar surface area (TPSA) is 105 Å². The van der Waals surface area contributed by atoms with Crippen molar-refractivity contribution in [1.82, 2.24) is 9.73 Å². The molecule has 0 bridgehead atoms. The number of sulfonamides is 1. The van der Waals surface area contributed by atoms with E-state index in [1.54, 1.807) is 6.92 Å². The van der Waals surface area contributed by atoms with Crippen LogP contribution in [0.5, 0.6) is 0 Å². The lowest BCUT2D eigenvalue weighted by atomic mass is 10.2. The molecule has 0 saturated heterocycles. The average Bonchev–Trinajstić information content (AvgIpc) is 2.92. The number of urea groups is 1. The average molecular weight is 325 g/mol. The molecule has 0 spiro atoms. The maximum absolute atomic E-state index is 12.3. The summed E-state index contributed by atoms with van der Waals surface area (Å²) in [5.74, 6) is -0.805. The Kier molecular flexibility index (Phi) is 4.45. The number of carbonyl (C=O) groups is 2. The van der Waals surface area contributed by atoms with E-state index in [1.807, 2.05) is 4.72 Å². The molecule has 8 nitrogen and oxygen atoms in total. The van der Waals surface area contributed by atoms with Gasteiger partial charge < -0.3 is 4.74 Å². The van der Waals surface area contributed by atoms with Crippen molar-refractivity contribution in [3.8, 4) is 0 Å². The fourth-order valence-corrected chi connectivity index (χ4v) is 3.08. The van der Waals surface area contributed by atoms with E-state index in [2.05, 4.69) is 9.84 Å². The van der Waals surface area contributed by atoms with Gasteiger partial charge in [0.25, 0.3) is 10.0 Å². The monoisotopic (exact) mass is 325 g/mol. The second-order valence-corrected chi connectivity index (χ2v) is 6.28. The minimum Gasteiger partial charge on any atom is -0.465 e. The van der Waals surface area contributed by atoms with Crippen LogP contribution in [0.2, 0.25) is 0 Å². The van der Waals surface area contributed by atoms with Crippen molar-refractivity contribution < 1.29 is 22.7 Å². The van der Waals surface area contributed by atoms with Crippen LogP contribution in [0.25, 0.3) is 0 Å². The maximum Gasteiger partial charge on any atom is 0.351 e. The van der Waals surface area contributed by atoms with Crippen LogP contribution in [0.15, 0.2) is 34.3 Å². The molecule has 1 aliphatic heterocycles. The van der Waals surface area contributed by atoms with Gasteiger partial charge >= 0.3 is 12.0 Å². The Labute approximate surface area is 127 Å². The van der Waals surface area contributed by atoms with Gasteiger partial charge in [0.2, 0.25) is 0 Å². The number of hydrazone groups is 1. The van der Waals surface area contributed by atoms with E-state index in [-0.39, 0.29) is 16.5 Å². The van der Waals surface area contributed by atoms with Gasteiger partial charge in [0.05, 0.1) is 18.7 Å². The summed E-state index contributed by atoms with van der Waals surface area (Å²) in [5.41, 5.74) is -0.150. The van der Waals surface area contributed by atoms with Crippen molar-refractivity contribution in [3.63, 3.8) is 0 Å². The number of hydrogen-bond acceptors (Lipinski definition) is 6. The van der Waals surface area contributed by atoms with Crippen molar-refractivity contribution in [2.24, 2.45) is 5.10 Å². The zero-order chi connectivity index (χ0) is 16.3. The van der Waals surface area contributed by atoms with Gasteiger partial charge in [0.1, 0.15) is 4.90 Å². The number of amides is 2. The number of nitrogens with zero attached hydrogens (tertiary/aromatic N) is 2. The van der Waals surface area contributed by atoms with Crippen molar-refractivity contribution in [2.75, 3.05) is 7.11 Å². The first kappa shape index (κ1) is 16.0. The highest BCUT2D eigenvalue weighted by atomic mass is 32.2. The highest BCUT2D eigenvalue weighted by Crippen LogP contribution is 2.17. The number of ether oxygens (including phenoxy) is 1. The van der Waals surface area contributed by atoms with E-state index >= 15 is 0 Å². The van der Waals surface area contributed by atoms with Crippen molar-refractivity contribution in [2.45, 2.75) is 24.3 Å². The van der Waals surface area contributed by atoms with E-state index in [0.29, 0.717) is 6.42 Å². The number of benzene rings is 1. The quantitative estimate of drug-likeness (QED) is 0.833. The van der Waals surface area contributed by atoms with E-state index in [4.69, 9.17) is 0 Å². The first-order valence-corrected chi connectivity index (χ1v) is 7.91. The van der Waals surface area contributed by atoms with Gasteiger partial charge in [0, 0.05) is 12.6 Å². The van der Waals surface area contributed by atoms with E-state index in [1.165, 1.54) is 30.5 Å². The van der Waals surface area contributed by atoms with Crippen LogP contribution < -0.4 is 4.72 Å². The molecule has 1 aliphatic rings. The van der Waals surface area contributed by atoms with Crippen LogP contribution in [-0.4, -0.2) is 44.8 Å². The number of nitrogens with one attached hydrogen (secondary N) is 1. The van der Waals surface area contributed by atoms with E-state index in [0.717, 1.165) is 12.1 Å². The van der Waals surface area contributed by atoms with E-state index in [9.17, 15) is 18.0 Å². The van der Waals surface area contributed by atoms with Crippen LogP contribution >= 0.6 is 0 Å². The summed E-state index contributed by atoms with van der Waals surface area (Å²) in [6, 6.07) is 4.37. The fraction of sp³-hybridized carbons (Fsp3) is 0.308. The molecule has 1 unspecified atom stereocenters. The molecule has 0 aliphatic carbocycles. The molecule has 9 heteroatoms. The molecule has 1 heterocycles. The molecule has 0 saturated carbocycles. The molecule has 1 atom stereocenters. The summed E-state index contributed by atoms with van der Waals surface area (Å²) in [5, 5.41) is 4.85. The molecule has 1 aromatic carbocycles. The molecule has 118 valence electrons. The van der Waals surface area contributed by atoms with Gasteiger partial charge in [0.15, 0.2) is 0 Å². The molecule has 2 rings (SSSR count). The second kappa shape index (κ2) is 6.14. The number of rotatable bonds is 3. The summed E-state index contributed by atoms with van der Waals surface area (Å²) in [4.78, 5) is 23.3. The number of methoxy groups -OCH3 is 1. The van der Waals surface area contributed by atoms with Gasteiger partial charge in [-0.1, -0.05) is 12.1 Å². The maximum atomic E-state index is 12.3. The first-order valence-electron chi connectivity index (χ1n) is 6.42. The Balaban J connectivity index is 2.30. The highest BCUT2D eigenvalue weighted by Gasteiger charge is 2.29. The van der Waals surface area contributed by atoms with Crippen molar-refractivity contribution in [1.29, 1.82) is 0 Å². The Morgan fingerprint density at radius 2 is 2.05 bits per heavy atom. The third kappa shape index (κ3) is 3.08. The SMILES string of the molecule is COC(=O)c1ccccc1S(=O)(=O)NC(=O)N1N=CCC1C. The summed E-state index contributed by atoms with van der Waals surface area (Å²) >= 11 is 0. The molecule has 0 radical (unpaired) electrons. The Hall–Kier alpha value is -2.42. The highest BCUT2D eigenvalue weighted by molar-refractivity contribution is 7.90. The Morgan fingerprint density at radius 1 is 1.36 bits per heavy atom. The first-order chi connectivity index (χ1) is 10.4. The summed E-state index contributed by atoms with van der Waals surface area (Å²) in [7, 11) is -3.08. The number of carbonyl (C=O) groups excluding carboxylic acids is 2. The van der Waals surface area contributed by atoms with Gasteiger partial charge in [-0.25, -0.2) is 27.7 Å². The lowest BCUT2D eigenvalue weighted by Crippen LogP contribution is -2.42. The second-order valence-electron chi connectivity index (χ2n) is 4.63. The van der Waals surface area contributed by atoms with Crippen molar-refractivity contribution >= 4 is 28.2 Å². The zero-order valence-corrected chi connectivity index (χ0v) is 12.8. The molecule has 1 N–H and O–H groups in total. The molecule has 22 heavy (non-hydrogen) atoms. The predicted octanol–water partition coefficient (Wildman–Crippen LogP) is 0.952. The molecule has 0 fully saturated rings. The standard InChI is InChI=1S/C13H15N3O5S/c1-9-7-8-14-16(9)13(18)15-22(19,20)11-6-4-3-5-10(11)12(17)21-2/h3-6,8-9H,7H2,1-2H3,(H,15,18). The molecule has 0 aromatic heterocycles. The minimum absolute atomic E-state index is 0.150. The summed E-state index contributed by atoms with van der Waals surface area (Å²) in [6.07, 6.45) is 2.07. The normalized spacial score (nSPS) is 17.4. The number of hydrogen-bond donors (Lipinski definition) is 1. The van der Waals surface area contributed by atoms with Gasteiger partial charge in [-0.3, -0.25) is 0 Å². The van der Waals surface area contributed by atoms with Crippen LogP contribution in [-0.2, 0) is 14.8 Å². The van der Waals surface area contributed by atoms with Crippen LogP contribution in [0.4, 0.5) is 4.79 Å². The Morgan fingerprint density at radius 3 is 2.64 bits per heavy atom. The van der Waals surface area contributed by atoms with Gasteiger partial charge in [-0.15, -0.1) is 0 Å². The molecule has 2 amide bonds. The Bertz CT molecular complexity index is 729. The lowest BCUT2D eigenvalue weighted by Gasteiger charge is -2.19. The fourth-order valence-electron chi connectivity index (χ4n) is 1.95.